The van der Waals surface area contributed by atoms with Crippen molar-refractivity contribution in [2.75, 3.05) is 44.7 Å². The van der Waals surface area contributed by atoms with Crippen molar-refractivity contribution < 1.29 is 9.53 Å². The molecule has 1 amide bonds. The molecular weight excluding hydrogens is 340 g/mol. The molecule has 2 aromatic rings. The Balaban J connectivity index is 1.50. The number of para-hydroxylation sites is 1. The average Bonchev–Trinajstić information content (AvgIpc) is 2.92. The fourth-order valence-electron chi connectivity index (χ4n) is 3.49. The van der Waals surface area contributed by atoms with Crippen LogP contribution in [-0.4, -0.2) is 55.6 Å². The number of amides is 1. The van der Waals surface area contributed by atoms with Crippen LogP contribution in [0.3, 0.4) is 0 Å². The molecule has 0 aliphatic carbocycles. The molecule has 1 aromatic carbocycles. The van der Waals surface area contributed by atoms with Crippen molar-refractivity contribution in [1.82, 2.24) is 15.2 Å². The second-order valence-corrected chi connectivity index (χ2v) is 6.87. The second kappa shape index (κ2) is 9.37. The van der Waals surface area contributed by atoms with Gasteiger partial charge in [-0.1, -0.05) is 18.2 Å². The molecule has 0 atom stereocenters. The van der Waals surface area contributed by atoms with Gasteiger partial charge < -0.3 is 15.0 Å². The van der Waals surface area contributed by atoms with Crippen molar-refractivity contribution in [3.05, 3.63) is 53.9 Å². The van der Waals surface area contributed by atoms with E-state index in [1.165, 1.54) is 11.3 Å². The van der Waals surface area contributed by atoms with E-state index in [0.717, 1.165) is 43.9 Å². The Morgan fingerprint density at radius 2 is 2.04 bits per heavy atom. The summed E-state index contributed by atoms with van der Waals surface area (Å²) in [5.41, 5.74) is 3.43. The number of nitrogens with one attached hydrogen (secondary N) is 1. The van der Waals surface area contributed by atoms with E-state index in [9.17, 15) is 4.79 Å². The number of methoxy groups -OCH3 is 1. The first kappa shape index (κ1) is 19.2. The zero-order valence-electron chi connectivity index (χ0n) is 16.1. The highest BCUT2D eigenvalue weighted by atomic mass is 16.5. The van der Waals surface area contributed by atoms with Crippen LogP contribution in [0.2, 0.25) is 0 Å². The summed E-state index contributed by atoms with van der Waals surface area (Å²) in [6, 6.07) is 9.84. The highest BCUT2D eigenvalue weighted by Crippen LogP contribution is 2.20. The lowest BCUT2D eigenvalue weighted by Gasteiger charge is -2.24. The van der Waals surface area contributed by atoms with Crippen molar-refractivity contribution in [2.45, 2.75) is 19.9 Å². The first-order valence-corrected chi connectivity index (χ1v) is 9.44. The van der Waals surface area contributed by atoms with E-state index < -0.39 is 0 Å². The van der Waals surface area contributed by atoms with Gasteiger partial charge in [0.2, 0.25) is 5.91 Å². The van der Waals surface area contributed by atoms with E-state index in [2.05, 4.69) is 33.1 Å². The molecule has 1 saturated heterocycles. The lowest BCUT2D eigenvalue weighted by Crippen LogP contribution is -2.39. The van der Waals surface area contributed by atoms with Crippen LogP contribution in [0.25, 0.3) is 0 Å². The number of carbonyl (C=O) groups excluding carboxylic acids is 1. The molecule has 144 valence electrons. The van der Waals surface area contributed by atoms with Crippen LogP contribution in [0.15, 0.2) is 42.7 Å². The van der Waals surface area contributed by atoms with Crippen LogP contribution in [0.4, 0.5) is 5.69 Å². The summed E-state index contributed by atoms with van der Waals surface area (Å²) < 4.78 is 5.34. The monoisotopic (exact) mass is 368 g/mol. The van der Waals surface area contributed by atoms with E-state index >= 15 is 0 Å². The Morgan fingerprint density at radius 3 is 2.85 bits per heavy atom. The predicted octanol–water partition coefficient (Wildman–Crippen LogP) is 2.23. The normalized spacial score (nSPS) is 15.3. The predicted molar refractivity (Wildman–Crippen MR) is 107 cm³/mol. The first-order valence-electron chi connectivity index (χ1n) is 9.44. The lowest BCUT2D eigenvalue weighted by molar-refractivity contribution is -0.122. The highest BCUT2D eigenvalue weighted by molar-refractivity contribution is 5.78. The summed E-state index contributed by atoms with van der Waals surface area (Å²) in [5.74, 6) is 0.852. The molecule has 0 radical (unpaired) electrons. The summed E-state index contributed by atoms with van der Waals surface area (Å²) in [6.07, 6.45) is 4.79. The summed E-state index contributed by atoms with van der Waals surface area (Å²) in [5, 5.41) is 3.01. The number of aromatic nitrogens is 1. The van der Waals surface area contributed by atoms with Gasteiger partial charge in [0.1, 0.15) is 5.75 Å². The molecule has 1 aliphatic rings. The number of pyridine rings is 1. The number of aryl methyl sites for hydroxylation is 1. The maximum absolute atomic E-state index is 12.4. The minimum atomic E-state index is 0.0504. The van der Waals surface area contributed by atoms with E-state index in [1.807, 2.05) is 36.7 Å². The second-order valence-electron chi connectivity index (χ2n) is 6.87. The Labute approximate surface area is 161 Å². The molecule has 6 heteroatoms. The van der Waals surface area contributed by atoms with Gasteiger partial charge in [-0.05, 0) is 31.0 Å². The van der Waals surface area contributed by atoms with Gasteiger partial charge in [0.25, 0.3) is 0 Å². The number of ether oxygens (including phenoxy) is 1. The van der Waals surface area contributed by atoms with Crippen LogP contribution >= 0.6 is 0 Å². The fraction of sp³-hybridized carbons (Fsp3) is 0.429. The Hall–Kier alpha value is -2.60. The van der Waals surface area contributed by atoms with Gasteiger partial charge in [0, 0.05) is 56.4 Å². The quantitative estimate of drug-likeness (QED) is 0.847. The van der Waals surface area contributed by atoms with Gasteiger partial charge in [-0.2, -0.15) is 0 Å². The van der Waals surface area contributed by atoms with Gasteiger partial charge in [-0.3, -0.25) is 14.7 Å². The zero-order chi connectivity index (χ0) is 19.1. The molecule has 0 unspecified atom stereocenters. The standard InChI is InChI=1S/C21H28N4O2/c1-17-14-22-9-8-19(17)25-11-5-10-24(12-13-25)16-21(26)23-15-18-6-3-4-7-20(18)27-2/h3-4,6-9,14H,5,10-13,15-16H2,1-2H3,(H,23,26). The molecule has 27 heavy (non-hydrogen) atoms. The molecule has 6 nitrogen and oxygen atoms in total. The highest BCUT2D eigenvalue weighted by Gasteiger charge is 2.18. The number of benzene rings is 1. The van der Waals surface area contributed by atoms with Crippen molar-refractivity contribution in [3.63, 3.8) is 0 Å². The summed E-state index contributed by atoms with van der Waals surface area (Å²) in [4.78, 5) is 21.2. The van der Waals surface area contributed by atoms with Crippen LogP contribution in [0.5, 0.6) is 5.75 Å². The fourth-order valence-corrected chi connectivity index (χ4v) is 3.49. The number of rotatable bonds is 6. The largest absolute Gasteiger partial charge is 0.496 e. The lowest BCUT2D eigenvalue weighted by atomic mass is 10.2. The third kappa shape index (κ3) is 5.20. The number of anilines is 1. The number of hydrogen-bond acceptors (Lipinski definition) is 5. The molecule has 1 aliphatic heterocycles. The Bertz CT molecular complexity index is 765. The minimum Gasteiger partial charge on any atom is -0.496 e. The Kier molecular flexibility index (Phi) is 6.65. The molecule has 0 saturated carbocycles. The molecule has 1 N–H and O–H groups in total. The van der Waals surface area contributed by atoms with Gasteiger partial charge in [-0.15, -0.1) is 0 Å². The van der Waals surface area contributed by atoms with Gasteiger partial charge in [0.05, 0.1) is 13.7 Å². The number of hydrogen-bond donors (Lipinski definition) is 1. The molecule has 1 fully saturated rings. The molecule has 3 rings (SSSR count). The van der Waals surface area contributed by atoms with Gasteiger partial charge >= 0.3 is 0 Å². The first-order chi connectivity index (χ1) is 13.2. The number of nitrogens with zero attached hydrogens (tertiary/aromatic N) is 3. The van der Waals surface area contributed by atoms with Crippen LogP contribution in [-0.2, 0) is 11.3 Å². The third-order valence-corrected chi connectivity index (χ3v) is 4.96. The molecule has 0 bridgehead atoms. The molecule has 1 aromatic heterocycles. The number of carbonyl (C=O) groups is 1. The minimum absolute atomic E-state index is 0.0504. The molecule has 2 heterocycles. The smallest absolute Gasteiger partial charge is 0.234 e. The summed E-state index contributed by atoms with van der Waals surface area (Å²) >= 11 is 0. The van der Waals surface area contributed by atoms with Crippen molar-refractivity contribution in [1.29, 1.82) is 0 Å². The van der Waals surface area contributed by atoms with Crippen LogP contribution in [0.1, 0.15) is 17.5 Å². The summed E-state index contributed by atoms with van der Waals surface area (Å²) in [7, 11) is 1.65. The van der Waals surface area contributed by atoms with Crippen LogP contribution < -0.4 is 15.0 Å². The maximum atomic E-state index is 12.4. The third-order valence-electron chi connectivity index (χ3n) is 4.96. The summed E-state index contributed by atoms with van der Waals surface area (Å²) in [6.45, 7) is 6.75. The SMILES string of the molecule is COc1ccccc1CNC(=O)CN1CCCN(c2ccncc2C)CC1. The molecular formula is C21H28N4O2. The zero-order valence-corrected chi connectivity index (χ0v) is 16.1. The van der Waals surface area contributed by atoms with E-state index in [4.69, 9.17) is 4.74 Å². The van der Waals surface area contributed by atoms with E-state index in [-0.39, 0.29) is 5.91 Å². The van der Waals surface area contributed by atoms with Gasteiger partial charge in [-0.25, -0.2) is 0 Å². The average molecular weight is 368 g/mol. The van der Waals surface area contributed by atoms with Gasteiger partial charge in [0.15, 0.2) is 0 Å². The van der Waals surface area contributed by atoms with Crippen molar-refractivity contribution >= 4 is 11.6 Å². The topological polar surface area (TPSA) is 57.7 Å². The molecule has 0 spiro atoms. The van der Waals surface area contributed by atoms with Crippen molar-refractivity contribution in [3.8, 4) is 5.75 Å². The van der Waals surface area contributed by atoms with Crippen LogP contribution in [0, 0.1) is 6.92 Å². The van der Waals surface area contributed by atoms with E-state index in [0.29, 0.717) is 13.1 Å². The van der Waals surface area contributed by atoms with E-state index in [1.54, 1.807) is 7.11 Å². The van der Waals surface area contributed by atoms with Crippen molar-refractivity contribution in [2.24, 2.45) is 0 Å². The maximum Gasteiger partial charge on any atom is 0.234 e. The Morgan fingerprint density at radius 1 is 1.19 bits per heavy atom.